The van der Waals surface area contributed by atoms with Crippen LogP contribution in [0.3, 0.4) is 0 Å². The first-order valence-electron chi connectivity index (χ1n) is 7.65. The molecule has 0 bridgehead atoms. The van der Waals surface area contributed by atoms with Crippen LogP contribution in [0.5, 0.6) is 0 Å². The highest BCUT2D eigenvalue weighted by molar-refractivity contribution is 5.88. The molecule has 0 unspecified atom stereocenters. The summed E-state index contributed by atoms with van der Waals surface area (Å²) in [5, 5.41) is 0. The van der Waals surface area contributed by atoms with Crippen LogP contribution in [0.1, 0.15) is 61.9 Å². The van der Waals surface area contributed by atoms with E-state index in [1.54, 1.807) is 12.1 Å². The molecule has 110 valence electrons. The van der Waals surface area contributed by atoms with E-state index >= 15 is 0 Å². The Morgan fingerprint density at radius 3 is 2.40 bits per heavy atom. The zero-order valence-electron chi connectivity index (χ0n) is 12.4. The second-order valence-electron chi connectivity index (χ2n) is 5.80. The largest absolute Gasteiger partial charge is 0.373 e. The fourth-order valence-electron chi connectivity index (χ4n) is 2.58. The quantitative estimate of drug-likeness (QED) is 0.594. The Morgan fingerprint density at radius 1 is 1.15 bits per heavy atom. The van der Waals surface area contributed by atoms with Crippen molar-refractivity contribution in [3.05, 3.63) is 35.4 Å². The van der Waals surface area contributed by atoms with E-state index in [2.05, 4.69) is 13.8 Å². The van der Waals surface area contributed by atoms with Crippen LogP contribution in [-0.4, -0.2) is 12.1 Å². The van der Waals surface area contributed by atoms with Crippen molar-refractivity contribution in [2.24, 2.45) is 5.92 Å². The standard InChI is InChI=1S/C17H24O3/c1-3-4-14-7-9-15(10-8-14)17(18)20-19-16-11-5-13(2)6-12-16/h7-10,13,16H,3-6,11-12H2,1-2H3. The molecule has 1 aliphatic rings. The maximum atomic E-state index is 11.9. The molecule has 0 amide bonds. The SMILES string of the molecule is CCCc1ccc(C(=O)OOC2CCC(C)CC2)cc1. The third kappa shape index (κ3) is 4.34. The molecule has 0 radical (unpaired) electrons. The predicted molar refractivity (Wildman–Crippen MR) is 78.4 cm³/mol. The minimum atomic E-state index is -0.397. The van der Waals surface area contributed by atoms with E-state index in [1.165, 1.54) is 5.56 Å². The van der Waals surface area contributed by atoms with Crippen molar-refractivity contribution in [2.75, 3.05) is 0 Å². The lowest BCUT2D eigenvalue weighted by atomic mass is 9.89. The minimum absolute atomic E-state index is 0.0644. The Bertz CT molecular complexity index is 416. The van der Waals surface area contributed by atoms with E-state index in [9.17, 15) is 4.79 Å². The summed E-state index contributed by atoms with van der Waals surface area (Å²) in [7, 11) is 0. The number of benzene rings is 1. The Balaban J connectivity index is 1.79. The molecule has 0 aliphatic heterocycles. The monoisotopic (exact) mass is 276 g/mol. The van der Waals surface area contributed by atoms with Crippen LogP contribution in [0, 0.1) is 5.92 Å². The fourth-order valence-corrected chi connectivity index (χ4v) is 2.58. The van der Waals surface area contributed by atoms with Gasteiger partial charge in [0.1, 0.15) is 6.10 Å². The molecule has 0 saturated heterocycles. The Labute approximate surface area is 121 Å². The van der Waals surface area contributed by atoms with Gasteiger partial charge in [0.05, 0.1) is 5.56 Å². The number of rotatable bonds is 5. The highest BCUT2D eigenvalue weighted by atomic mass is 17.2. The molecule has 0 spiro atoms. The van der Waals surface area contributed by atoms with Crippen LogP contribution in [0.2, 0.25) is 0 Å². The fraction of sp³-hybridized carbons (Fsp3) is 0.588. The molecule has 3 heteroatoms. The van der Waals surface area contributed by atoms with Gasteiger partial charge in [0.15, 0.2) is 0 Å². The minimum Gasteiger partial charge on any atom is -0.293 e. The third-order valence-electron chi connectivity index (χ3n) is 3.95. The van der Waals surface area contributed by atoms with E-state index in [1.807, 2.05) is 12.1 Å². The van der Waals surface area contributed by atoms with Crippen LogP contribution in [-0.2, 0) is 16.2 Å². The van der Waals surface area contributed by atoms with Crippen LogP contribution in [0.25, 0.3) is 0 Å². The summed E-state index contributed by atoms with van der Waals surface area (Å²) in [5.41, 5.74) is 1.79. The summed E-state index contributed by atoms with van der Waals surface area (Å²) < 4.78 is 0. The van der Waals surface area contributed by atoms with E-state index in [0.717, 1.165) is 44.4 Å². The highest BCUT2D eigenvalue weighted by Gasteiger charge is 2.21. The van der Waals surface area contributed by atoms with Crippen LogP contribution in [0.15, 0.2) is 24.3 Å². The molecule has 20 heavy (non-hydrogen) atoms. The van der Waals surface area contributed by atoms with Gasteiger partial charge in [-0.15, -0.1) is 0 Å². The summed E-state index contributed by atoms with van der Waals surface area (Å²) in [6, 6.07) is 7.56. The summed E-state index contributed by atoms with van der Waals surface area (Å²) in [6.45, 7) is 4.39. The van der Waals surface area contributed by atoms with E-state index < -0.39 is 5.97 Å². The zero-order chi connectivity index (χ0) is 14.4. The second kappa shape index (κ2) is 7.44. The molecule has 1 aliphatic carbocycles. The van der Waals surface area contributed by atoms with Gasteiger partial charge in [-0.25, -0.2) is 4.79 Å². The van der Waals surface area contributed by atoms with Crippen molar-refractivity contribution in [2.45, 2.75) is 58.5 Å². The summed E-state index contributed by atoms with van der Waals surface area (Å²) in [6.07, 6.45) is 6.45. The maximum Gasteiger partial charge on any atom is 0.373 e. The Morgan fingerprint density at radius 2 is 1.80 bits per heavy atom. The van der Waals surface area contributed by atoms with Gasteiger partial charge in [-0.3, -0.25) is 4.89 Å². The van der Waals surface area contributed by atoms with Crippen molar-refractivity contribution in [1.29, 1.82) is 0 Å². The van der Waals surface area contributed by atoms with Crippen molar-refractivity contribution in [1.82, 2.24) is 0 Å². The molecule has 2 rings (SSSR count). The lowest BCUT2D eigenvalue weighted by molar-refractivity contribution is -0.280. The van der Waals surface area contributed by atoms with Crippen LogP contribution in [0.4, 0.5) is 0 Å². The summed E-state index contributed by atoms with van der Waals surface area (Å²) in [5.74, 6) is 0.364. The molecule has 1 saturated carbocycles. The highest BCUT2D eigenvalue weighted by Crippen LogP contribution is 2.25. The summed E-state index contributed by atoms with van der Waals surface area (Å²) >= 11 is 0. The predicted octanol–water partition coefficient (Wildman–Crippen LogP) is 4.31. The van der Waals surface area contributed by atoms with Crippen LogP contribution < -0.4 is 0 Å². The van der Waals surface area contributed by atoms with Gasteiger partial charge in [-0.1, -0.05) is 32.4 Å². The number of hydrogen-bond donors (Lipinski definition) is 0. The van der Waals surface area contributed by atoms with Gasteiger partial charge in [0.25, 0.3) is 0 Å². The lowest BCUT2D eigenvalue weighted by Gasteiger charge is -2.24. The van der Waals surface area contributed by atoms with Crippen molar-refractivity contribution < 1.29 is 14.6 Å². The molecule has 3 nitrogen and oxygen atoms in total. The smallest absolute Gasteiger partial charge is 0.293 e. The molecule has 0 N–H and O–H groups in total. The number of hydrogen-bond acceptors (Lipinski definition) is 3. The number of aryl methyl sites for hydroxylation is 1. The molecular weight excluding hydrogens is 252 g/mol. The first-order chi connectivity index (χ1) is 9.69. The van der Waals surface area contributed by atoms with Crippen LogP contribution >= 0.6 is 0 Å². The molecule has 1 aromatic carbocycles. The number of carbonyl (C=O) groups is 1. The normalized spacial score (nSPS) is 22.5. The van der Waals surface area contributed by atoms with Crippen molar-refractivity contribution in [3.8, 4) is 0 Å². The van der Waals surface area contributed by atoms with Gasteiger partial charge >= 0.3 is 5.97 Å². The molecule has 0 aromatic heterocycles. The molecule has 0 heterocycles. The Kier molecular flexibility index (Phi) is 5.60. The summed E-state index contributed by atoms with van der Waals surface area (Å²) in [4.78, 5) is 22.1. The lowest BCUT2D eigenvalue weighted by Crippen LogP contribution is -2.22. The van der Waals surface area contributed by atoms with Crippen molar-refractivity contribution in [3.63, 3.8) is 0 Å². The second-order valence-corrected chi connectivity index (χ2v) is 5.80. The van der Waals surface area contributed by atoms with Gasteiger partial charge in [0, 0.05) is 0 Å². The first-order valence-corrected chi connectivity index (χ1v) is 7.65. The first kappa shape index (κ1) is 15.0. The topological polar surface area (TPSA) is 35.5 Å². The molecule has 0 atom stereocenters. The van der Waals surface area contributed by atoms with E-state index in [4.69, 9.17) is 9.78 Å². The molecule has 1 aromatic rings. The average Bonchev–Trinajstić information content (AvgIpc) is 2.47. The van der Waals surface area contributed by atoms with Gasteiger partial charge in [0.2, 0.25) is 0 Å². The van der Waals surface area contributed by atoms with E-state index in [-0.39, 0.29) is 6.10 Å². The number of carbonyl (C=O) groups excluding carboxylic acids is 1. The Hall–Kier alpha value is -1.35. The van der Waals surface area contributed by atoms with Gasteiger partial charge in [-0.05, 0) is 55.7 Å². The molecule has 1 fully saturated rings. The van der Waals surface area contributed by atoms with Gasteiger partial charge in [-0.2, -0.15) is 4.89 Å². The van der Waals surface area contributed by atoms with E-state index in [0.29, 0.717) is 5.56 Å². The maximum absolute atomic E-state index is 11.9. The molecular formula is C17H24O3. The van der Waals surface area contributed by atoms with Crippen molar-refractivity contribution >= 4 is 5.97 Å². The average molecular weight is 276 g/mol. The third-order valence-corrected chi connectivity index (χ3v) is 3.95. The van der Waals surface area contributed by atoms with Gasteiger partial charge < -0.3 is 0 Å². The zero-order valence-corrected chi connectivity index (χ0v) is 12.4.